The van der Waals surface area contributed by atoms with Gasteiger partial charge >= 0.3 is 12.1 Å². The van der Waals surface area contributed by atoms with Crippen LogP contribution in [0.4, 0.5) is 13.2 Å². The van der Waals surface area contributed by atoms with Gasteiger partial charge in [-0.1, -0.05) is 0 Å². The maximum atomic E-state index is 12.9. The zero-order valence-electron chi connectivity index (χ0n) is 10.1. The Kier molecular flexibility index (Phi) is 3.13. The van der Waals surface area contributed by atoms with Gasteiger partial charge < -0.3 is 14.5 Å². The fraction of sp³-hybridized carbons (Fsp3) is 0.250. The molecule has 0 atom stereocenters. The number of aromatic nitrogens is 1. The molecule has 0 aliphatic rings. The molecule has 1 N–H and O–H groups in total. The van der Waals surface area contributed by atoms with Crippen molar-refractivity contribution in [3.63, 3.8) is 0 Å². The van der Waals surface area contributed by atoms with E-state index in [2.05, 4.69) is 9.72 Å². The van der Waals surface area contributed by atoms with E-state index in [1.54, 1.807) is 0 Å². The van der Waals surface area contributed by atoms with Crippen LogP contribution in [-0.2, 0) is 10.9 Å². The summed E-state index contributed by atoms with van der Waals surface area (Å²) in [6.07, 6.45) is -4.67. The molecular formula is C12H10F3NO3. The van der Waals surface area contributed by atoms with E-state index in [1.165, 1.54) is 25.3 Å². The van der Waals surface area contributed by atoms with E-state index in [-0.39, 0.29) is 10.9 Å². The quantitative estimate of drug-likeness (QED) is 0.856. The summed E-state index contributed by atoms with van der Waals surface area (Å²) in [6, 6.07) is 4.24. The van der Waals surface area contributed by atoms with Crippen LogP contribution >= 0.6 is 0 Å². The van der Waals surface area contributed by atoms with Crippen LogP contribution in [0.2, 0.25) is 0 Å². The molecule has 0 amide bonds. The third-order valence-corrected chi connectivity index (χ3v) is 2.68. The summed E-state index contributed by atoms with van der Waals surface area (Å²) in [5, 5.41) is 0.139. The van der Waals surface area contributed by atoms with Crippen LogP contribution in [0.25, 0.3) is 10.9 Å². The van der Waals surface area contributed by atoms with E-state index in [9.17, 15) is 18.0 Å². The molecule has 1 aromatic heterocycles. The van der Waals surface area contributed by atoms with Crippen LogP contribution in [0, 0.1) is 0 Å². The van der Waals surface area contributed by atoms with E-state index in [4.69, 9.17) is 4.74 Å². The Balaban J connectivity index is 2.76. The molecule has 0 aliphatic carbocycles. The van der Waals surface area contributed by atoms with Crippen LogP contribution in [0.3, 0.4) is 0 Å². The second kappa shape index (κ2) is 4.49. The van der Waals surface area contributed by atoms with E-state index >= 15 is 0 Å². The van der Waals surface area contributed by atoms with Gasteiger partial charge in [0.25, 0.3) is 0 Å². The average molecular weight is 273 g/mol. The summed E-state index contributed by atoms with van der Waals surface area (Å²) in [7, 11) is 2.43. The van der Waals surface area contributed by atoms with Gasteiger partial charge in [0.05, 0.1) is 25.3 Å². The van der Waals surface area contributed by atoms with Crippen molar-refractivity contribution in [2.24, 2.45) is 0 Å². The molecule has 2 rings (SSSR count). The molecule has 102 valence electrons. The number of H-pyrrole nitrogens is 1. The third-order valence-electron chi connectivity index (χ3n) is 2.68. The largest absolute Gasteiger partial charge is 0.497 e. The van der Waals surface area contributed by atoms with E-state index < -0.39 is 23.4 Å². The van der Waals surface area contributed by atoms with Crippen molar-refractivity contribution in [3.05, 3.63) is 29.5 Å². The highest BCUT2D eigenvalue weighted by molar-refractivity contribution is 6.06. The van der Waals surface area contributed by atoms with Gasteiger partial charge in [-0.3, -0.25) is 0 Å². The molecule has 0 saturated carbocycles. The van der Waals surface area contributed by atoms with Crippen LogP contribution < -0.4 is 4.74 Å². The molecule has 19 heavy (non-hydrogen) atoms. The second-order valence-corrected chi connectivity index (χ2v) is 3.78. The summed E-state index contributed by atoms with van der Waals surface area (Å²) in [6.45, 7) is 0. The van der Waals surface area contributed by atoms with Gasteiger partial charge in [-0.25, -0.2) is 4.79 Å². The third kappa shape index (κ3) is 2.23. The molecule has 0 bridgehead atoms. The lowest BCUT2D eigenvalue weighted by Crippen LogP contribution is -2.13. The number of carbonyl (C=O) groups excluding carboxylic acids is 1. The lowest BCUT2D eigenvalue weighted by atomic mass is 10.1. The van der Waals surface area contributed by atoms with Crippen molar-refractivity contribution >= 4 is 16.9 Å². The van der Waals surface area contributed by atoms with Crippen molar-refractivity contribution in [2.45, 2.75) is 6.18 Å². The molecule has 1 heterocycles. The van der Waals surface area contributed by atoms with Gasteiger partial charge in [0.15, 0.2) is 0 Å². The number of ether oxygens (including phenoxy) is 2. The minimum atomic E-state index is -4.67. The zero-order chi connectivity index (χ0) is 14.2. The topological polar surface area (TPSA) is 51.3 Å². The number of fused-ring (bicyclic) bond motifs is 1. The Bertz CT molecular complexity index is 631. The number of carbonyl (C=O) groups is 1. The predicted octanol–water partition coefficient (Wildman–Crippen LogP) is 2.98. The lowest BCUT2D eigenvalue weighted by Gasteiger charge is -2.06. The first-order valence-corrected chi connectivity index (χ1v) is 5.23. The first kappa shape index (κ1) is 13.3. The highest BCUT2D eigenvalue weighted by Gasteiger charge is 2.39. The molecule has 2 aromatic rings. The van der Waals surface area contributed by atoms with Gasteiger partial charge in [0, 0.05) is 11.5 Å². The molecule has 0 aliphatic heterocycles. The monoisotopic (exact) mass is 273 g/mol. The SMILES string of the molecule is COC(=O)c1c(C(F)(F)F)[nH]c2cc(OC)ccc12. The highest BCUT2D eigenvalue weighted by Crippen LogP contribution is 2.36. The first-order chi connectivity index (χ1) is 8.88. The van der Waals surface area contributed by atoms with Crippen molar-refractivity contribution in [2.75, 3.05) is 14.2 Å². The van der Waals surface area contributed by atoms with Crippen LogP contribution in [0.5, 0.6) is 5.75 Å². The van der Waals surface area contributed by atoms with Gasteiger partial charge in [0.1, 0.15) is 11.4 Å². The number of hydrogen-bond acceptors (Lipinski definition) is 3. The Morgan fingerprint density at radius 3 is 2.47 bits per heavy atom. The Morgan fingerprint density at radius 1 is 1.26 bits per heavy atom. The molecule has 0 saturated heterocycles. The number of methoxy groups -OCH3 is 2. The minimum Gasteiger partial charge on any atom is -0.497 e. The van der Waals surface area contributed by atoms with Gasteiger partial charge in [-0.2, -0.15) is 13.2 Å². The molecule has 1 aromatic carbocycles. The highest BCUT2D eigenvalue weighted by atomic mass is 19.4. The lowest BCUT2D eigenvalue weighted by molar-refractivity contribution is -0.141. The first-order valence-electron chi connectivity index (χ1n) is 5.23. The smallest absolute Gasteiger partial charge is 0.432 e. The van der Waals surface area contributed by atoms with Gasteiger partial charge in [-0.05, 0) is 12.1 Å². The summed E-state index contributed by atoms with van der Waals surface area (Å²) in [5.74, 6) is -0.650. The molecule has 4 nitrogen and oxygen atoms in total. The van der Waals surface area contributed by atoms with Crippen molar-refractivity contribution in [1.29, 1.82) is 0 Å². The maximum Gasteiger partial charge on any atom is 0.432 e. The normalized spacial score (nSPS) is 11.6. The number of hydrogen-bond donors (Lipinski definition) is 1. The maximum absolute atomic E-state index is 12.9. The van der Waals surface area contributed by atoms with E-state index in [0.29, 0.717) is 5.75 Å². The minimum absolute atomic E-state index is 0.139. The summed E-state index contributed by atoms with van der Waals surface area (Å²) in [4.78, 5) is 13.7. The van der Waals surface area contributed by atoms with Crippen LogP contribution in [0.15, 0.2) is 18.2 Å². The number of rotatable bonds is 2. The standard InChI is InChI=1S/C12H10F3NO3/c1-18-6-3-4-7-8(5-6)16-10(12(13,14)15)9(7)11(17)19-2/h3-5,16H,1-2H3. The second-order valence-electron chi connectivity index (χ2n) is 3.78. The Morgan fingerprint density at radius 2 is 1.95 bits per heavy atom. The molecule has 0 unspecified atom stereocenters. The molecule has 0 radical (unpaired) electrons. The summed E-state index contributed by atoms with van der Waals surface area (Å²) in [5.41, 5.74) is -1.48. The van der Waals surface area contributed by atoms with Gasteiger partial charge in [0.2, 0.25) is 0 Å². The number of benzene rings is 1. The zero-order valence-corrected chi connectivity index (χ0v) is 10.1. The van der Waals surface area contributed by atoms with Crippen molar-refractivity contribution < 1.29 is 27.4 Å². The molecule has 7 heteroatoms. The average Bonchev–Trinajstić information content (AvgIpc) is 2.75. The fourth-order valence-electron chi connectivity index (χ4n) is 1.83. The molecular weight excluding hydrogens is 263 g/mol. The molecule has 0 fully saturated rings. The van der Waals surface area contributed by atoms with Gasteiger partial charge in [-0.15, -0.1) is 0 Å². The van der Waals surface area contributed by atoms with Crippen molar-refractivity contribution in [3.8, 4) is 5.75 Å². The van der Waals surface area contributed by atoms with Crippen LogP contribution in [0.1, 0.15) is 16.1 Å². The number of nitrogens with one attached hydrogen (secondary N) is 1. The molecule has 0 spiro atoms. The van der Waals surface area contributed by atoms with Crippen molar-refractivity contribution in [1.82, 2.24) is 4.98 Å². The fourth-order valence-corrected chi connectivity index (χ4v) is 1.83. The van der Waals surface area contributed by atoms with E-state index in [1.807, 2.05) is 0 Å². The Hall–Kier alpha value is -2.18. The predicted molar refractivity (Wildman–Crippen MR) is 61.2 cm³/mol. The van der Waals surface area contributed by atoms with E-state index in [0.717, 1.165) is 7.11 Å². The number of halogens is 3. The van der Waals surface area contributed by atoms with Crippen LogP contribution in [-0.4, -0.2) is 25.2 Å². The summed E-state index contributed by atoms with van der Waals surface area (Å²) < 4.78 is 48.0. The number of esters is 1. The summed E-state index contributed by atoms with van der Waals surface area (Å²) >= 11 is 0. The number of alkyl halides is 3. The Labute approximate surface area is 106 Å². The number of aromatic amines is 1.